The van der Waals surface area contributed by atoms with Crippen LogP contribution in [0.25, 0.3) is 73.1 Å². The first-order valence-electron chi connectivity index (χ1n) is 14.8. The van der Waals surface area contributed by atoms with Crippen molar-refractivity contribution >= 4 is 113 Å². The molecule has 206 valence electrons. The van der Waals surface area contributed by atoms with Gasteiger partial charge in [-0.05, 0) is 60.0 Å². The Morgan fingerprint density at radius 1 is 0.409 bits per heavy atom. The maximum absolute atomic E-state index is 6.91. The molecule has 0 fully saturated rings. The SMILES string of the molecule is c1ccc2c(c1)ccc1c3cccc(N(c4ccc5sc6ccccc6c5c4)c4cccc5sc6ccccc6c45)c3oc21. The molecule has 0 aliphatic carbocycles. The molecule has 4 heteroatoms. The maximum atomic E-state index is 6.91. The van der Waals surface area contributed by atoms with Gasteiger partial charge in [-0.15, -0.1) is 22.7 Å². The van der Waals surface area contributed by atoms with Gasteiger partial charge in [0.25, 0.3) is 0 Å². The Balaban J connectivity index is 1.33. The predicted molar refractivity (Wildman–Crippen MR) is 192 cm³/mol. The fourth-order valence-corrected chi connectivity index (χ4v) is 9.10. The average Bonchev–Trinajstić information content (AvgIpc) is 3.77. The van der Waals surface area contributed by atoms with E-state index in [1.807, 2.05) is 22.7 Å². The van der Waals surface area contributed by atoms with E-state index in [1.165, 1.54) is 45.7 Å². The Hall–Kier alpha value is -5.16. The minimum atomic E-state index is 0.894. The van der Waals surface area contributed by atoms with Gasteiger partial charge >= 0.3 is 0 Å². The number of hydrogen-bond acceptors (Lipinski definition) is 4. The Morgan fingerprint density at radius 2 is 1.05 bits per heavy atom. The second-order valence-corrected chi connectivity index (χ2v) is 13.4. The van der Waals surface area contributed by atoms with Gasteiger partial charge < -0.3 is 9.32 Å². The number of furan rings is 1. The topological polar surface area (TPSA) is 16.4 Å². The van der Waals surface area contributed by atoms with E-state index in [0.29, 0.717) is 0 Å². The van der Waals surface area contributed by atoms with Crippen molar-refractivity contribution in [3.63, 3.8) is 0 Å². The van der Waals surface area contributed by atoms with E-state index in [2.05, 4.69) is 144 Å². The first-order chi connectivity index (χ1) is 21.8. The zero-order valence-corrected chi connectivity index (χ0v) is 25.1. The van der Waals surface area contributed by atoms with Crippen LogP contribution in [0, 0.1) is 0 Å². The number of anilines is 3. The molecule has 0 aliphatic heterocycles. The lowest BCUT2D eigenvalue weighted by Crippen LogP contribution is -2.10. The molecular formula is C40H23NOS2. The van der Waals surface area contributed by atoms with E-state index >= 15 is 0 Å². The number of nitrogens with zero attached hydrogens (tertiary/aromatic N) is 1. The molecule has 0 unspecified atom stereocenters. The molecule has 0 saturated heterocycles. The Bertz CT molecular complexity index is 2750. The van der Waals surface area contributed by atoms with Gasteiger partial charge in [-0.2, -0.15) is 0 Å². The van der Waals surface area contributed by atoms with Gasteiger partial charge in [0.1, 0.15) is 5.58 Å². The monoisotopic (exact) mass is 597 g/mol. The van der Waals surface area contributed by atoms with Crippen LogP contribution in [0.15, 0.2) is 144 Å². The molecule has 0 N–H and O–H groups in total. The van der Waals surface area contributed by atoms with Crippen LogP contribution in [0.5, 0.6) is 0 Å². The van der Waals surface area contributed by atoms with E-state index in [-0.39, 0.29) is 0 Å². The van der Waals surface area contributed by atoms with E-state index in [1.54, 1.807) is 0 Å². The molecule has 0 bridgehead atoms. The summed E-state index contributed by atoms with van der Waals surface area (Å²) in [7, 11) is 0. The van der Waals surface area contributed by atoms with Crippen molar-refractivity contribution in [2.45, 2.75) is 0 Å². The van der Waals surface area contributed by atoms with Gasteiger partial charge in [-0.1, -0.05) is 84.9 Å². The highest BCUT2D eigenvalue weighted by atomic mass is 32.1. The molecule has 3 heterocycles. The summed E-state index contributed by atoms with van der Waals surface area (Å²) >= 11 is 3.70. The summed E-state index contributed by atoms with van der Waals surface area (Å²) in [6.45, 7) is 0. The molecule has 0 amide bonds. The zero-order valence-electron chi connectivity index (χ0n) is 23.5. The summed E-state index contributed by atoms with van der Waals surface area (Å²) < 4.78 is 12.1. The first kappa shape index (κ1) is 24.3. The Kier molecular flexibility index (Phi) is 5.06. The fraction of sp³-hybridized carbons (Fsp3) is 0. The molecule has 0 atom stereocenters. The summed E-state index contributed by atoms with van der Waals surface area (Å²) in [6.07, 6.45) is 0. The van der Waals surface area contributed by atoms with E-state index in [9.17, 15) is 0 Å². The summed E-state index contributed by atoms with van der Waals surface area (Å²) in [5, 5.41) is 9.69. The van der Waals surface area contributed by atoms with Crippen LogP contribution in [-0.2, 0) is 0 Å². The predicted octanol–water partition coefficient (Wildman–Crippen LogP) is 12.9. The largest absolute Gasteiger partial charge is 0.453 e. The highest BCUT2D eigenvalue weighted by molar-refractivity contribution is 7.26. The van der Waals surface area contributed by atoms with Crippen LogP contribution < -0.4 is 4.90 Å². The number of rotatable bonds is 3. The molecule has 0 saturated carbocycles. The summed E-state index contributed by atoms with van der Waals surface area (Å²) in [5.41, 5.74) is 5.12. The van der Waals surface area contributed by atoms with E-state index in [4.69, 9.17) is 4.42 Å². The third kappa shape index (κ3) is 3.41. The van der Waals surface area contributed by atoms with Crippen molar-refractivity contribution in [3.05, 3.63) is 140 Å². The van der Waals surface area contributed by atoms with Gasteiger partial charge in [0.15, 0.2) is 5.58 Å². The third-order valence-electron chi connectivity index (χ3n) is 8.85. The second kappa shape index (κ2) is 9.17. The summed E-state index contributed by atoms with van der Waals surface area (Å²) in [5.74, 6) is 0. The Morgan fingerprint density at radius 3 is 1.95 bits per heavy atom. The van der Waals surface area contributed by atoms with Gasteiger partial charge in [0.05, 0.1) is 11.4 Å². The normalized spacial score (nSPS) is 12.1. The lowest BCUT2D eigenvalue weighted by atomic mass is 10.0. The molecule has 10 aromatic rings. The van der Waals surface area contributed by atoms with Crippen molar-refractivity contribution in [3.8, 4) is 0 Å². The summed E-state index contributed by atoms with van der Waals surface area (Å²) in [6, 6.07) is 50.5. The fourth-order valence-electron chi connectivity index (χ4n) is 6.89. The smallest absolute Gasteiger partial charge is 0.159 e. The molecule has 7 aromatic carbocycles. The molecule has 3 aromatic heterocycles. The number of thiophene rings is 2. The number of benzene rings is 7. The van der Waals surface area contributed by atoms with Gasteiger partial charge in [0, 0.05) is 62.2 Å². The van der Waals surface area contributed by atoms with E-state index < -0.39 is 0 Å². The lowest BCUT2D eigenvalue weighted by molar-refractivity contribution is 0.673. The van der Waals surface area contributed by atoms with Crippen LogP contribution in [0.3, 0.4) is 0 Å². The van der Waals surface area contributed by atoms with Gasteiger partial charge in [-0.25, -0.2) is 0 Å². The Labute approximate surface area is 260 Å². The summed E-state index contributed by atoms with van der Waals surface area (Å²) in [4.78, 5) is 2.42. The molecule has 10 rings (SSSR count). The third-order valence-corrected chi connectivity index (χ3v) is 11.1. The molecule has 0 spiro atoms. The molecular weight excluding hydrogens is 575 g/mol. The van der Waals surface area contributed by atoms with Crippen LogP contribution in [0.1, 0.15) is 0 Å². The van der Waals surface area contributed by atoms with Crippen LogP contribution in [-0.4, -0.2) is 0 Å². The quantitative estimate of drug-likeness (QED) is 0.201. The van der Waals surface area contributed by atoms with Crippen molar-refractivity contribution in [2.24, 2.45) is 0 Å². The molecule has 44 heavy (non-hydrogen) atoms. The van der Waals surface area contributed by atoms with Crippen LogP contribution >= 0.6 is 22.7 Å². The molecule has 0 radical (unpaired) electrons. The highest BCUT2D eigenvalue weighted by Gasteiger charge is 2.23. The lowest BCUT2D eigenvalue weighted by Gasteiger charge is -2.26. The highest BCUT2D eigenvalue weighted by Crippen LogP contribution is 2.49. The number of para-hydroxylation sites is 1. The number of hydrogen-bond donors (Lipinski definition) is 0. The van der Waals surface area contributed by atoms with Crippen molar-refractivity contribution < 1.29 is 4.42 Å². The minimum absolute atomic E-state index is 0.894. The van der Waals surface area contributed by atoms with Gasteiger partial charge in [0.2, 0.25) is 0 Å². The molecule has 0 aliphatic rings. The molecule has 2 nitrogen and oxygen atoms in total. The van der Waals surface area contributed by atoms with Crippen molar-refractivity contribution in [1.29, 1.82) is 0 Å². The van der Waals surface area contributed by atoms with Crippen LogP contribution in [0.4, 0.5) is 17.1 Å². The van der Waals surface area contributed by atoms with E-state index in [0.717, 1.165) is 44.4 Å². The van der Waals surface area contributed by atoms with Crippen LogP contribution in [0.2, 0.25) is 0 Å². The number of fused-ring (bicyclic) bond motifs is 11. The zero-order chi connectivity index (χ0) is 28.8. The van der Waals surface area contributed by atoms with Crippen molar-refractivity contribution in [2.75, 3.05) is 4.90 Å². The standard InChI is InChI=1S/C40H23NOS2/c1-2-10-26-24(9-1)19-21-29-28-13-7-15-33(40(28)42-39(26)29)41(25-20-22-36-31(23-25)27-11-3-5-16-34(27)43-36)32-14-8-18-37-38(32)30-12-4-6-17-35(30)44-37/h1-23H. The van der Waals surface area contributed by atoms with Gasteiger partial charge in [-0.3, -0.25) is 0 Å². The first-order valence-corrected chi connectivity index (χ1v) is 16.4. The average molecular weight is 598 g/mol. The second-order valence-electron chi connectivity index (χ2n) is 11.3. The minimum Gasteiger partial charge on any atom is -0.453 e. The van der Waals surface area contributed by atoms with Crippen molar-refractivity contribution in [1.82, 2.24) is 0 Å². The maximum Gasteiger partial charge on any atom is 0.159 e.